The topological polar surface area (TPSA) is 24.4 Å². The molecule has 1 N–H and O–H groups in total. The Labute approximate surface area is 83.7 Å². The first-order chi connectivity index (χ1) is 6.95. The average molecular weight is 184 g/mol. The minimum atomic E-state index is 0.209. The van der Waals surface area contributed by atoms with Crippen LogP contribution in [0.3, 0.4) is 0 Å². The molecular weight excluding hydrogens is 172 g/mol. The molecule has 1 aliphatic rings. The molecule has 1 atom stereocenters. The Morgan fingerprint density at radius 1 is 1.14 bits per heavy atom. The van der Waals surface area contributed by atoms with E-state index < -0.39 is 0 Å². The molecular formula is C12H12N2. The highest BCUT2D eigenvalue weighted by Gasteiger charge is 1.98. The summed E-state index contributed by atoms with van der Waals surface area (Å²) in [6.45, 7) is 0. The molecule has 0 radical (unpaired) electrons. The van der Waals surface area contributed by atoms with Gasteiger partial charge < -0.3 is 5.32 Å². The zero-order chi connectivity index (χ0) is 9.64. The van der Waals surface area contributed by atoms with Crippen molar-refractivity contribution in [3.63, 3.8) is 0 Å². The van der Waals surface area contributed by atoms with Gasteiger partial charge in [0, 0.05) is 6.21 Å². The van der Waals surface area contributed by atoms with E-state index in [1.165, 1.54) is 0 Å². The molecule has 0 spiro atoms. The lowest BCUT2D eigenvalue weighted by molar-refractivity contribution is 0.878. The zero-order valence-corrected chi connectivity index (χ0v) is 7.80. The van der Waals surface area contributed by atoms with E-state index in [0.29, 0.717) is 0 Å². The summed E-state index contributed by atoms with van der Waals surface area (Å²) in [6, 6.07) is 10.1. The van der Waals surface area contributed by atoms with Crippen molar-refractivity contribution in [2.75, 3.05) is 0 Å². The summed E-state index contributed by atoms with van der Waals surface area (Å²) in [5.74, 6) is 0. The predicted octanol–water partition coefficient (Wildman–Crippen LogP) is 2.43. The van der Waals surface area contributed by atoms with Crippen LogP contribution in [0.5, 0.6) is 0 Å². The summed E-state index contributed by atoms with van der Waals surface area (Å²) in [7, 11) is 0. The summed E-state index contributed by atoms with van der Waals surface area (Å²) in [5, 5.41) is 3.17. The number of rotatable bonds is 2. The Bertz CT molecular complexity index is 363. The van der Waals surface area contributed by atoms with E-state index in [1.54, 1.807) is 0 Å². The van der Waals surface area contributed by atoms with E-state index in [0.717, 1.165) is 5.69 Å². The maximum absolute atomic E-state index is 4.36. The maximum Gasteiger partial charge on any atom is 0.0798 e. The number of aliphatic imine (C=N–C) groups is 1. The van der Waals surface area contributed by atoms with E-state index in [2.05, 4.69) is 16.4 Å². The van der Waals surface area contributed by atoms with Gasteiger partial charge in [-0.15, -0.1) is 0 Å². The number of hydrogen-bond acceptors (Lipinski definition) is 2. The molecule has 2 heteroatoms. The maximum atomic E-state index is 4.36. The smallest absolute Gasteiger partial charge is 0.0798 e. The number of benzene rings is 1. The van der Waals surface area contributed by atoms with E-state index in [9.17, 15) is 0 Å². The molecule has 0 amide bonds. The quantitative estimate of drug-likeness (QED) is 0.701. The SMILES string of the molecule is C1=CNC(C=Nc2ccccc2)C=C1. The van der Waals surface area contributed by atoms with Gasteiger partial charge in [-0.2, -0.15) is 0 Å². The van der Waals surface area contributed by atoms with Crippen LogP contribution in [0.1, 0.15) is 0 Å². The van der Waals surface area contributed by atoms with Crippen molar-refractivity contribution < 1.29 is 0 Å². The van der Waals surface area contributed by atoms with E-state index >= 15 is 0 Å². The molecule has 1 aromatic rings. The van der Waals surface area contributed by atoms with Crippen LogP contribution >= 0.6 is 0 Å². The van der Waals surface area contributed by atoms with Gasteiger partial charge in [0.05, 0.1) is 11.7 Å². The van der Waals surface area contributed by atoms with Gasteiger partial charge >= 0.3 is 0 Å². The Morgan fingerprint density at radius 2 is 2.00 bits per heavy atom. The van der Waals surface area contributed by atoms with Gasteiger partial charge in [-0.25, -0.2) is 0 Å². The standard InChI is InChI=1S/C12H12N2/c1-2-6-11(7-3-1)14-10-12-8-4-5-9-13-12/h1-10,12-13H. The molecule has 0 fully saturated rings. The van der Waals surface area contributed by atoms with Gasteiger partial charge in [-0.05, 0) is 24.4 Å². The number of nitrogens with zero attached hydrogens (tertiary/aromatic N) is 1. The van der Waals surface area contributed by atoms with Crippen molar-refractivity contribution in [3.05, 3.63) is 54.8 Å². The second kappa shape index (κ2) is 4.42. The minimum absolute atomic E-state index is 0.209. The highest BCUT2D eigenvalue weighted by Crippen LogP contribution is 2.08. The summed E-state index contributed by atoms with van der Waals surface area (Å²) in [5.41, 5.74) is 0.984. The summed E-state index contributed by atoms with van der Waals surface area (Å²) in [6.07, 6.45) is 9.86. The third-order valence-electron chi connectivity index (χ3n) is 1.95. The molecule has 0 aliphatic carbocycles. The van der Waals surface area contributed by atoms with E-state index in [1.807, 2.05) is 54.9 Å². The first-order valence-electron chi connectivity index (χ1n) is 4.64. The summed E-state index contributed by atoms with van der Waals surface area (Å²) >= 11 is 0. The largest absolute Gasteiger partial charge is 0.380 e. The molecule has 2 nitrogen and oxygen atoms in total. The Morgan fingerprint density at radius 3 is 2.71 bits per heavy atom. The zero-order valence-electron chi connectivity index (χ0n) is 7.80. The molecule has 1 heterocycles. The fourth-order valence-electron chi connectivity index (χ4n) is 1.23. The number of para-hydroxylation sites is 1. The van der Waals surface area contributed by atoms with Crippen molar-refractivity contribution in [1.29, 1.82) is 0 Å². The molecule has 2 rings (SSSR count). The van der Waals surface area contributed by atoms with E-state index in [4.69, 9.17) is 0 Å². The van der Waals surface area contributed by atoms with Crippen molar-refractivity contribution in [2.45, 2.75) is 6.04 Å². The minimum Gasteiger partial charge on any atom is -0.380 e. The van der Waals surface area contributed by atoms with E-state index in [-0.39, 0.29) is 6.04 Å². The number of nitrogens with one attached hydrogen (secondary N) is 1. The molecule has 0 saturated carbocycles. The van der Waals surface area contributed by atoms with Gasteiger partial charge in [0.25, 0.3) is 0 Å². The Hall–Kier alpha value is -1.83. The summed E-state index contributed by atoms with van der Waals surface area (Å²) < 4.78 is 0. The van der Waals surface area contributed by atoms with Crippen LogP contribution in [-0.2, 0) is 0 Å². The second-order valence-corrected chi connectivity index (χ2v) is 3.05. The highest BCUT2D eigenvalue weighted by molar-refractivity contribution is 5.71. The van der Waals surface area contributed by atoms with Gasteiger partial charge in [0.2, 0.25) is 0 Å². The van der Waals surface area contributed by atoms with Crippen LogP contribution in [0.4, 0.5) is 5.69 Å². The molecule has 1 unspecified atom stereocenters. The van der Waals surface area contributed by atoms with Crippen molar-refractivity contribution in [2.24, 2.45) is 4.99 Å². The molecule has 0 bridgehead atoms. The lowest BCUT2D eigenvalue weighted by atomic mass is 10.2. The molecule has 70 valence electrons. The molecule has 1 aliphatic heterocycles. The van der Waals surface area contributed by atoms with Gasteiger partial charge in [-0.1, -0.05) is 30.4 Å². The molecule has 1 aromatic carbocycles. The molecule has 0 saturated heterocycles. The Balaban J connectivity index is 2.01. The van der Waals surface area contributed by atoms with Crippen molar-refractivity contribution in [1.82, 2.24) is 5.32 Å². The van der Waals surface area contributed by atoms with Gasteiger partial charge in [0.1, 0.15) is 0 Å². The molecule has 0 aromatic heterocycles. The monoisotopic (exact) mass is 184 g/mol. The van der Waals surface area contributed by atoms with Gasteiger partial charge in [0.15, 0.2) is 0 Å². The average Bonchev–Trinajstić information content (AvgIpc) is 2.29. The summed E-state index contributed by atoms with van der Waals surface area (Å²) in [4.78, 5) is 4.36. The van der Waals surface area contributed by atoms with Crippen LogP contribution in [0.15, 0.2) is 59.8 Å². The van der Waals surface area contributed by atoms with Crippen LogP contribution in [0.2, 0.25) is 0 Å². The molecule has 14 heavy (non-hydrogen) atoms. The van der Waals surface area contributed by atoms with Crippen LogP contribution in [-0.4, -0.2) is 12.3 Å². The van der Waals surface area contributed by atoms with Crippen LogP contribution < -0.4 is 5.32 Å². The first kappa shape index (κ1) is 8.75. The number of allylic oxidation sites excluding steroid dienone is 2. The number of dihydropyridines is 1. The fourth-order valence-corrected chi connectivity index (χ4v) is 1.23. The fraction of sp³-hybridized carbons (Fsp3) is 0.0833. The third kappa shape index (κ3) is 2.33. The first-order valence-corrected chi connectivity index (χ1v) is 4.64. The second-order valence-electron chi connectivity index (χ2n) is 3.05. The van der Waals surface area contributed by atoms with Crippen molar-refractivity contribution >= 4 is 11.9 Å². The normalized spacial score (nSPS) is 19.9. The van der Waals surface area contributed by atoms with Crippen LogP contribution in [0, 0.1) is 0 Å². The number of hydrogen-bond donors (Lipinski definition) is 1. The highest BCUT2D eigenvalue weighted by atomic mass is 14.9. The predicted molar refractivity (Wildman–Crippen MR) is 59.8 cm³/mol. The van der Waals surface area contributed by atoms with Crippen LogP contribution in [0.25, 0.3) is 0 Å². The van der Waals surface area contributed by atoms with Gasteiger partial charge in [-0.3, -0.25) is 4.99 Å². The lowest BCUT2D eigenvalue weighted by Crippen LogP contribution is -2.24. The Kier molecular flexibility index (Phi) is 2.76. The third-order valence-corrected chi connectivity index (χ3v) is 1.95. The van der Waals surface area contributed by atoms with Crippen molar-refractivity contribution in [3.8, 4) is 0 Å². The lowest BCUT2D eigenvalue weighted by Gasteiger charge is -2.09.